The summed E-state index contributed by atoms with van der Waals surface area (Å²) in [6.45, 7) is 1.58. The molecule has 0 amide bonds. The highest BCUT2D eigenvalue weighted by molar-refractivity contribution is 5.03. The Kier molecular flexibility index (Phi) is 2.71. The van der Waals surface area contributed by atoms with Crippen LogP contribution in [0.15, 0.2) is 18.6 Å². The highest BCUT2D eigenvalue weighted by Crippen LogP contribution is 2.22. The van der Waals surface area contributed by atoms with Gasteiger partial charge in [0.2, 0.25) is 5.88 Å². The van der Waals surface area contributed by atoms with Gasteiger partial charge in [-0.3, -0.25) is 4.98 Å². The highest BCUT2D eigenvalue weighted by atomic mass is 16.5. The zero-order chi connectivity index (χ0) is 10.8. The molecule has 3 rings (SSSR count). The lowest BCUT2D eigenvalue weighted by Gasteiger charge is -2.39. The lowest BCUT2D eigenvalue weighted by Crippen LogP contribution is -2.56. The molecule has 2 saturated heterocycles. The minimum atomic E-state index is 0.233. The molecule has 0 saturated carbocycles. The summed E-state index contributed by atoms with van der Waals surface area (Å²) in [5.41, 5.74) is 0. The molecule has 3 atom stereocenters. The number of rotatable bonds is 2. The van der Waals surface area contributed by atoms with Crippen LogP contribution in [0.25, 0.3) is 0 Å². The predicted octanol–water partition coefficient (Wildman–Crippen LogP) is 0.375. The van der Waals surface area contributed by atoms with E-state index in [1.165, 1.54) is 0 Å². The summed E-state index contributed by atoms with van der Waals surface area (Å²) in [7, 11) is 0. The van der Waals surface area contributed by atoms with Gasteiger partial charge in [-0.25, -0.2) is 4.98 Å². The van der Waals surface area contributed by atoms with Crippen LogP contribution < -0.4 is 10.1 Å². The van der Waals surface area contributed by atoms with Crippen LogP contribution in [-0.4, -0.2) is 41.4 Å². The van der Waals surface area contributed by atoms with Crippen LogP contribution in [0, 0.1) is 0 Å². The Bertz CT molecular complexity index is 334. The van der Waals surface area contributed by atoms with Crippen LogP contribution in [0.5, 0.6) is 5.88 Å². The molecule has 16 heavy (non-hydrogen) atoms. The summed E-state index contributed by atoms with van der Waals surface area (Å²) in [6.07, 6.45) is 7.16. The van der Waals surface area contributed by atoms with E-state index >= 15 is 0 Å². The molecule has 2 bridgehead atoms. The van der Waals surface area contributed by atoms with Gasteiger partial charge in [0.25, 0.3) is 0 Å². The van der Waals surface area contributed by atoms with Crippen molar-refractivity contribution >= 4 is 0 Å². The quantitative estimate of drug-likeness (QED) is 0.782. The first-order valence-electron chi connectivity index (χ1n) is 5.66. The van der Waals surface area contributed by atoms with Crippen LogP contribution in [0.1, 0.15) is 12.8 Å². The molecule has 86 valence electrons. The zero-order valence-corrected chi connectivity index (χ0v) is 9.00. The van der Waals surface area contributed by atoms with Gasteiger partial charge in [0.15, 0.2) is 0 Å². The predicted molar refractivity (Wildman–Crippen MR) is 57.2 cm³/mol. The molecule has 1 unspecified atom stereocenters. The molecule has 0 spiro atoms. The molecule has 2 aliphatic heterocycles. The van der Waals surface area contributed by atoms with E-state index in [2.05, 4.69) is 15.3 Å². The second kappa shape index (κ2) is 4.35. The Morgan fingerprint density at radius 2 is 2.06 bits per heavy atom. The maximum atomic E-state index is 5.82. The van der Waals surface area contributed by atoms with Crippen molar-refractivity contribution in [2.24, 2.45) is 0 Å². The van der Waals surface area contributed by atoms with E-state index in [-0.39, 0.29) is 6.10 Å². The second-order valence-corrected chi connectivity index (χ2v) is 4.35. The van der Waals surface area contributed by atoms with Crippen molar-refractivity contribution in [1.29, 1.82) is 0 Å². The molecule has 3 heterocycles. The van der Waals surface area contributed by atoms with E-state index in [0.717, 1.165) is 26.1 Å². The lowest BCUT2D eigenvalue weighted by molar-refractivity contribution is -0.0133. The highest BCUT2D eigenvalue weighted by Gasteiger charge is 2.33. The maximum Gasteiger partial charge on any atom is 0.232 e. The maximum absolute atomic E-state index is 5.82. The van der Waals surface area contributed by atoms with Crippen molar-refractivity contribution in [2.45, 2.75) is 31.0 Å². The summed E-state index contributed by atoms with van der Waals surface area (Å²) in [4.78, 5) is 8.12. The average Bonchev–Trinajstić information content (AvgIpc) is 2.30. The number of fused-ring (bicyclic) bond motifs is 2. The van der Waals surface area contributed by atoms with Crippen LogP contribution in [0.3, 0.4) is 0 Å². The topological polar surface area (TPSA) is 56.3 Å². The molecule has 0 aromatic carbocycles. The standard InChI is InChI=1S/C11H15N3O2/c1-2-13-11(5-12-1)16-10-3-8-6-15-7-9(4-10)14-8/h1-2,5,8-10,14H,3-4,6-7H2/t8-,9+,10?. The Hall–Kier alpha value is -1.20. The average molecular weight is 221 g/mol. The van der Waals surface area contributed by atoms with Crippen LogP contribution in [-0.2, 0) is 4.74 Å². The fraction of sp³-hybridized carbons (Fsp3) is 0.636. The van der Waals surface area contributed by atoms with Gasteiger partial charge in [-0.05, 0) is 0 Å². The molecule has 1 aromatic rings. The Balaban J connectivity index is 1.63. The van der Waals surface area contributed by atoms with Crippen molar-refractivity contribution in [3.8, 4) is 5.88 Å². The zero-order valence-electron chi connectivity index (χ0n) is 9.00. The molecule has 1 N–H and O–H groups in total. The van der Waals surface area contributed by atoms with Crippen molar-refractivity contribution in [1.82, 2.24) is 15.3 Å². The fourth-order valence-corrected chi connectivity index (χ4v) is 2.40. The van der Waals surface area contributed by atoms with Crippen LogP contribution >= 0.6 is 0 Å². The normalized spacial score (nSPS) is 33.4. The van der Waals surface area contributed by atoms with E-state index in [9.17, 15) is 0 Å². The van der Waals surface area contributed by atoms with Crippen molar-refractivity contribution in [3.05, 3.63) is 18.6 Å². The lowest BCUT2D eigenvalue weighted by atomic mass is 9.95. The van der Waals surface area contributed by atoms with Crippen molar-refractivity contribution in [3.63, 3.8) is 0 Å². The van der Waals surface area contributed by atoms with Gasteiger partial charge in [-0.15, -0.1) is 0 Å². The van der Waals surface area contributed by atoms with Gasteiger partial charge in [0, 0.05) is 37.3 Å². The monoisotopic (exact) mass is 221 g/mol. The molecular weight excluding hydrogens is 206 g/mol. The van der Waals surface area contributed by atoms with Crippen LogP contribution in [0.2, 0.25) is 0 Å². The van der Waals surface area contributed by atoms with Crippen molar-refractivity contribution < 1.29 is 9.47 Å². The Morgan fingerprint density at radius 3 is 2.75 bits per heavy atom. The third kappa shape index (κ3) is 2.15. The van der Waals surface area contributed by atoms with Gasteiger partial charge in [0.1, 0.15) is 6.10 Å². The SMILES string of the molecule is c1cnc(OC2C[C@H]3COC[C@@H](C2)N3)cn1. The fourth-order valence-electron chi connectivity index (χ4n) is 2.40. The number of aromatic nitrogens is 2. The van der Waals surface area contributed by atoms with Gasteiger partial charge in [-0.1, -0.05) is 0 Å². The molecule has 5 nitrogen and oxygen atoms in total. The molecule has 2 fully saturated rings. The van der Waals surface area contributed by atoms with Crippen LogP contribution in [0.4, 0.5) is 0 Å². The minimum Gasteiger partial charge on any atom is -0.473 e. The van der Waals surface area contributed by atoms with Gasteiger partial charge >= 0.3 is 0 Å². The summed E-state index contributed by atoms with van der Waals surface area (Å²) in [6, 6.07) is 0.850. The van der Waals surface area contributed by atoms with Gasteiger partial charge in [0.05, 0.1) is 19.4 Å². The Labute approximate surface area is 94.2 Å². The summed E-state index contributed by atoms with van der Waals surface area (Å²) in [5, 5.41) is 3.53. The van der Waals surface area contributed by atoms with E-state index < -0.39 is 0 Å². The molecule has 1 aromatic heterocycles. The third-order valence-electron chi connectivity index (χ3n) is 3.03. The first-order chi connectivity index (χ1) is 7.90. The molecule has 0 aliphatic carbocycles. The summed E-state index contributed by atoms with van der Waals surface area (Å²) in [5.74, 6) is 0.619. The van der Waals surface area contributed by atoms with E-state index in [1.807, 2.05) is 0 Å². The number of piperidine rings is 1. The number of hydrogen-bond donors (Lipinski definition) is 1. The largest absolute Gasteiger partial charge is 0.473 e. The van der Waals surface area contributed by atoms with E-state index in [1.54, 1.807) is 18.6 Å². The third-order valence-corrected chi connectivity index (χ3v) is 3.03. The molecular formula is C11H15N3O2. The van der Waals surface area contributed by atoms with Crippen molar-refractivity contribution in [2.75, 3.05) is 13.2 Å². The number of ether oxygens (including phenoxy) is 2. The first-order valence-corrected chi connectivity index (χ1v) is 5.66. The minimum absolute atomic E-state index is 0.233. The second-order valence-electron chi connectivity index (χ2n) is 4.35. The number of morpholine rings is 1. The summed E-state index contributed by atoms with van der Waals surface area (Å²) >= 11 is 0. The Morgan fingerprint density at radius 1 is 1.25 bits per heavy atom. The summed E-state index contributed by atoms with van der Waals surface area (Å²) < 4.78 is 11.3. The number of hydrogen-bond acceptors (Lipinski definition) is 5. The molecule has 0 radical (unpaired) electrons. The smallest absolute Gasteiger partial charge is 0.232 e. The molecule has 5 heteroatoms. The van der Waals surface area contributed by atoms with Gasteiger partial charge < -0.3 is 14.8 Å². The number of nitrogens with one attached hydrogen (secondary N) is 1. The van der Waals surface area contributed by atoms with E-state index in [4.69, 9.17) is 9.47 Å². The van der Waals surface area contributed by atoms with Gasteiger partial charge in [-0.2, -0.15) is 0 Å². The number of nitrogens with zero attached hydrogens (tertiary/aromatic N) is 2. The molecule has 2 aliphatic rings. The first kappa shape index (κ1) is 9.99. The van der Waals surface area contributed by atoms with E-state index in [0.29, 0.717) is 18.0 Å².